The number of carbonyl (C=O) groups excluding carboxylic acids is 2. The molecule has 0 spiro atoms. The molecule has 1 amide bonds. The Morgan fingerprint density at radius 1 is 1.12 bits per heavy atom. The number of aryl methyl sites for hydroxylation is 1. The Morgan fingerprint density at radius 3 is 2.80 bits per heavy atom. The van der Waals surface area contributed by atoms with Crippen LogP contribution < -0.4 is 5.32 Å². The molecule has 3 aliphatic carbocycles. The van der Waals surface area contributed by atoms with Crippen LogP contribution in [0.3, 0.4) is 0 Å². The van der Waals surface area contributed by atoms with E-state index in [1.807, 2.05) is 12.1 Å². The highest BCUT2D eigenvalue weighted by atomic mass is 16.5. The summed E-state index contributed by atoms with van der Waals surface area (Å²) in [6.45, 7) is -0.154. The Bertz CT molecular complexity index is 656. The van der Waals surface area contributed by atoms with Gasteiger partial charge in [0.25, 0.3) is 5.91 Å². The first kappa shape index (κ1) is 16.6. The molecule has 0 saturated heterocycles. The summed E-state index contributed by atoms with van der Waals surface area (Å²) >= 11 is 0. The maximum absolute atomic E-state index is 12.2. The van der Waals surface area contributed by atoms with Crippen LogP contribution in [-0.2, 0) is 20.7 Å². The van der Waals surface area contributed by atoms with Gasteiger partial charge in [-0.3, -0.25) is 9.59 Å². The lowest BCUT2D eigenvalue weighted by molar-refractivity contribution is -0.150. The van der Waals surface area contributed by atoms with Crippen LogP contribution in [-0.4, -0.2) is 18.5 Å². The van der Waals surface area contributed by atoms with Crippen molar-refractivity contribution in [3.05, 3.63) is 35.4 Å². The number of esters is 1. The van der Waals surface area contributed by atoms with E-state index in [-0.39, 0.29) is 24.5 Å². The van der Waals surface area contributed by atoms with E-state index in [4.69, 9.17) is 4.74 Å². The number of nitrogens with one attached hydrogen (secondary N) is 1. The molecule has 1 aromatic rings. The number of amides is 1. The lowest BCUT2D eigenvalue weighted by atomic mass is 9.86. The van der Waals surface area contributed by atoms with E-state index in [0.717, 1.165) is 25.2 Å². The first-order chi connectivity index (χ1) is 12.2. The number of carbonyl (C=O) groups is 2. The van der Waals surface area contributed by atoms with Crippen LogP contribution in [0.4, 0.5) is 0 Å². The molecule has 0 aliphatic heterocycles. The van der Waals surface area contributed by atoms with Gasteiger partial charge in [0.05, 0.1) is 6.04 Å². The van der Waals surface area contributed by atoms with Crippen molar-refractivity contribution in [2.24, 2.45) is 17.8 Å². The second-order valence-corrected chi connectivity index (χ2v) is 8.01. The molecule has 3 aliphatic rings. The molecule has 0 radical (unpaired) electrons. The minimum atomic E-state index is -0.211. The fourth-order valence-electron chi connectivity index (χ4n) is 5.19. The quantitative estimate of drug-likeness (QED) is 0.833. The van der Waals surface area contributed by atoms with E-state index >= 15 is 0 Å². The number of hydrogen-bond acceptors (Lipinski definition) is 3. The summed E-state index contributed by atoms with van der Waals surface area (Å²) in [6, 6.07) is 8.31. The van der Waals surface area contributed by atoms with Crippen molar-refractivity contribution in [3.63, 3.8) is 0 Å². The predicted molar refractivity (Wildman–Crippen MR) is 94.8 cm³/mol. The van der Waals surface area contributed by atoms with Crippen LogP contribution in [0, 0.1) is 17.8 Å². The molecule has 2 saturated carbocycles. The van der Waals surface area contributed by atoms with E-state index in [1.165, 1.54) is 36.8 Å². The van der Waals surface area contributed by atoms with E-state index in [2.05, 4.69) is 17.4 Å². The normalized spacial score (nSPS) is 29.9. The minimum absolute atomic E-state index is 0.0433. The third kappa shape index (κ3) is 3.73. The Labute approximate surface area is 149 Å². The van der Waals surface area contributed by atoms with Crippen molar-refractivity contribution in [2.45, 2.75) is 57.4 Å². The first-order valence-corrected chi connectivity index (χ1v) is 9.72. The highest BCUT2D eigenvalue weighted by Crippen LogP contribution is 2.49. The summed E-state index contributed by atoms with van der Waals surface area (Å²) in [7, 11) is 0. The Balaban J connectivity index is 1.24. The topological polar surface area (TPSA) is 55.4 Å². The van der Waals surface area contributed by atoms with E-state index < -0.39 is 0 Å². The lowest BCUT2D eigenvalue weighted by Gasteiger charge is -2.26. The maximum atomic E-state index is 12.2. The van der Waals surface area contributed by atoms with Gasteiger partial charge in [-0.25, -0.2) is 0 Å². The number of hydrogen-bond donors (Lipinski definition) is 1. The van der Waals surface area contributed by atoms with Crippen molar-refractivity contribution in [1.82, 2.24) is 5.32 Å². The van der Waals surface area contributed by atoms with Crippen molar-refractivity contribution >= 4 is 11.9 Å². The third-order valence-electron chi connectivity index (χ3n) is 6.38. The molecule has 4 nitrogen and oxygen atoms in total. The van der Waals surface area contributed by atoms with Crippen LogP contribution in [0.2, 0.25) is 0 Å². The monoisotopic (exact) mass is 341 g/mol. The SMILES string of the molecule is O=C(COC(=O)C[C@@H]1C[C@H]2CC[C@H]1C2)N[C@H]1CCCc2ccccc21. The molecule has 2 fully saturated rings. The Hall–Kier alpha value is -1.84. The van der Waals surface area contributed by atoms with Gasteiger partial charge in [-0.15, -0.1) is 0 Å². The summed E-state index contributed by atoms with van der Waals surface area (Å²) in [5, 5.41) is 3.03. The highest BCUT2D eigenvalue weighted by Gasteiger charge is 2.40. The molecule has 4 atom stereocenters. The summed E-state index contributed by atoms with van der Waals surface area (Å²) in [5.74, 6) is 1.63. The van der Waals surface area contributed by atoms with Gasteiger partial charge >= 0.3 is 5.97 Å². The van der Waals surface area contributed by atoms with Gasteiger partial charge in [-0.2, -0.15) is 0 Å². The van der Waals surface area contributed by atoms with Crippen LogP contribution in [0.25, 0.3) is 0 Å². The molecule has 0 aromatic heterocycles. The molecular weight excluding hydrogens is 314 g/mol. The van der Waals surface area contributed by atoms with Crippen molar-refractivity contribution in [3.8, 4) is 0 Å². The molecule has 4 rings (SSSR count). The van der Waals surface area contributed by atoms with Crippen LogP contribution >= 0.6 is 0 Å². The van der Waals surface area contributed by atoms with Gasteiger partial charge in [0.15, 0.2) is 6.61 Å². The zero-order valence-corrected chi connectivity index (χ0v) is 14.7. The highest BCUT2D eigenvalue weighted by molar-refractivity contribution is 5.81. The van der Waals surface area contributed by atoms with Gasteiger partial charge in [0.2, 0.25) is 0 Å². The summed E-state index contributed by atoms with van der Waals surface area (Å²) in [4.78, 5) is 24.3. The van der Waals surface area contributed by atoms with E-state index in [1.54, 1.807) is 0 Å². The van der Waals surface area contributed by atoms with Crippen molar-refractivity contribution < 1.29 is 14.3 Å². The smallest absolute Gasteiger partial charge is 0.306 e. The van der Waals surface area contributed by atoms with Crippen molar-refractivity contribution in [2.75, 3.05) is 6.61 Å². The fourth-order valence-corrected chi connectivity index (χ4v) is 5.19. The zero-order chi connectivity index (χ0) is 17.2. The largest absolute Gasteiger partial charge is 0.456 e. The molecule has 4 heteroatoms. The fraction of sp³-hybridized carbons (Fsp3) is 0.619. The molecule has 2 bridgehead atoms. The summed E-state index contributed by atoms with van der Waals surface area (Å²) in [5.41, 5.74) is 2.52. The Kier molecular flexibility index (Phi) is 4.78. The second kappa shape index (κ2) is 7.19. The van der Waals surface area contributed by atoms with Crippen LogP contribution in [0.15, 0.2) is 24.3 Å². The molecule has 25 heavy (non-hydrogen) atoms. The van der Waals surface area contributed by atoms with Gasteiger partial charge in [-0.05, 0) is 67.4 Å². The van der Waals surface area contributed by atoms with E-state index in [0.29, 0.717) is 18.3 Å². The average Bonchev–Trinajstić information content (AvgIpc) is 3.23. The van der Waals surface area contributed by atoms with Crippen molar-refractivity contribution in [1.29, 1.82) is 0 Å². The molecular formula is C21H27NO3. The van der Waals surface area contributed by atoms with E-state index in [9.17, 15) is 9.59 Å². The molecule has 1 aromatic carbocycles. The standard InChI is InChI=1S/C21H27NO3/c23-20(22-19-7-3-5-15-4-1-2-6-18(15)19)13-25-21(24)12-17-11-14-8-9-16(17)10-14/h1-2,4,6,14,16-17,19H,3,5,7-13H2,(H,22,23)/t14-,16-,17-,19-/m0/s1. The van der Waals surface area contributed by atoms with Gasteiger partial charge < -0.3 is 10.1 Å². The number of rotatable bonds is 5. The molecule has 1 N–H and O–H groups in total. The van der Waals surface area contributed by atoms with Gasteiger partial charge in [0.1, 0.15) is 0 Å². The second-order valence-electron chi connectivity index (χ2n) is 8.01. The summed E-state index contributed by atoms with van der Waals surface area (Å²) < 4.78 is 5.25. The number of fused-ring (bicyclic) bond motifs is 3. The molecule has 0 unspecified atom stereocenters. The zero-order valence-electron chi connectivity index (χ0n) is 14.7. The molecule has 134 valence electrons. The molecule has 0 heterocycles. The minimum Gasteiger partial charge on any atom is -0.456 e. The van der Waals surface area contributed by atoms with Crippen LogP contribution in [0.5, 0.6) is 0 Å². The lowest BCUT2D eigenvalue weighted by Crippen LogP contribution is -2.34. The van der Waals surface area contributed by atoms with Gasteiger partial charge in [0, 0.05) is 6.42 Å². The summed E-state index contributed by atoms with van der Waals surface area (Å²) in [6.07, 6.45) is 8.64. The van der Waals surface area contributed by atoms with Crippen LogP contribution in [0.1, 0.15) is 62.1 Å². The Morgan fingerprint density at radius 2 is 2.00 bits per heavy atom. The predicted octanol–water partition coefficient (Wildman–Crippen LogP) is 3.55. The number of benzene rings is 1. The third-order valence-corrected chi connectivity index (χ3v) is 6.38. The number of ether oxygens (including phenoxy) is 1. The first-order valence-electron chi connectivity index (χ1n) is 9.72. The average molecular weight is 341 g/mol. The van der Waals surface area contributed by atoms with Gasteiger partial charge in [-0.1, -0.05) is 30.7 Å². The maximum Gasteiger partial charge on any atom is 0.306 e.